The molecule has 0 saturated heterocycles. The average Bonchev–Trinajstić information content (AvgIpc) is 2.54. The van der Waals surface area contributed by atoms with Crippen molar-refractivity contribution in [3.05, 3.63) is 34.9 Å². The molecule has 0 aliphatic rings. The number of ether oxygens (including phenoxy) is 1. The smallest absolute Gasteiger partial charge is 0.408 e. The van der Waals surface area contributed by atoms with Crippen LogP contribution in [-0.2, 0) is 14.3 Å². The van der Waals surface area contributed by atoms with Crippen molar-refractivity contribution in [1.82, 2.24) is 15.5 Å². The predicted molar refractivity (Wildman–Crippen MR) is 112 cm³/mol. The van der Waals surface area contributed by atoms with Crippen molar-refractivity contribution in [2.45, 2.75) is 66.2 Å². The molecule has 1 aromatic carbocycles. The molecule has 1 atom stereocenters. The van der Waals surface area contributed by atoms with E-state index in [-0.39, 0.29) is 6.04 Å². The van der Waals surface area contributed by atoms with Crippen molar-refractivity contribution in [1.29, 1.82) is 0 Å². The van der Waals surface area contributed by atoms with Crippen LogP contribution in [0.2, 0.25) is 0 Å². The summed E-state index contributed by atoms with van der Waals surface area (Å²) in [5, 5.41) is 5.19. The van der Waals surface area contributed by atoms with Gasteiger partial charge < -0.3 is 15.4 Å². The molecule has 158 valence electrons. The molecule has 0 aliphatic carbocycles. The summed E-state index contributed by atoms with van der Waals surface area (Å²) in [6, 6.07) is 6.74. The number of aryl methyl sites for hydroxylation is 2. The van der Waals surface area contributed by atoms with Crippen molar-refractivity contribution < 1.29 is 19.1 Å². The lowest BCUT2D eigenvalue weighted by Crippen LogP contribution is -2.47. The summed E-state index contributed by atoms with van der Waals surface area (Å²) in [4.78, 5) is 38.5. The zero-order chi connectivity index (χ0) is 22.4. The Morgan fingerprint density at radius 1 is 1.14 bits per heavy atom. The Morgan fingerprint density at radius 3 is 2.14 bits per heavy atom. The van der Waals surface area contributed by atoms with Gasteiger partial charge in [0.2, 0.25) is 5.91 Å². The summed E-state index contributed by atoms with van der Waals surface area (Å²) >= 11 is 0. The van der Waals surface area contributed by atoms with Gasteiger partial charge in [0.1, 0.15) is 18.2 Å². The van der Waals surface area contributed by atoms with E-state index in [4.69, 9.17) is 11.2 Å². The van der Waals surface area contributed by atoms with E-state index in [0.29, 0.717) is 5.56 Å². The fourth-order valence-corrected chi connectivity index (χ4v) is 2.79. The molecule has 0 heterocycles. The molecule has 1 unspecified atom stereocenters. The van der Waals surface area contributed by atoms with Crippen LogP contribution in [-0.4, -0.2) is 41.0 Å². The summed E-state index contributed by atoms with van der Waals surface area (Å²) in [6.45, 7) is 12.2. The van der Waals surface area contributed by atoms with Gasteiger partial charge in [0.25, 0.3) is 5.91 Å². The summed E-state index contributed by atoms with van der Waals surface area (Å²) in [5.74, 6) is -0.991. The molecule has 0 bridgehead atoms. The largest absolute Gasteiger partial charge is 0.444 e. The Morgan fingerprint density at radius 2 is 1.69 bits per heavy atom. The van der Waals surface area contributed by atoms with Crippen LogP contribution >= 0.6 is 0 Å². The monoisotopic (exact) mass is 401 g/mol. The highest BCUT2D eigenvalue weighted by Gasteiger charge is 2.31. The molecular formula is C22H31N3O4. The van der Waals surface area contributed by atoms with Gasteiger partial charge in [-0.1, -0.05) is 35.7 Å². The van der Waals surface area contributed by atoms with E-state index in [9.17, 15) is 14.4 Å². The lowest BCUT2D eigenvalue weighted by Gasteiger charge is -2.28. The second kappa shape index (κ2) is 9.97. The minimum atomic E-state index is -1.02. The molecule has 0 spiro atoms. The van der Waals surface area contributed by atoms with E-state index in [1.54, 1.807) is 20.8 Å². The maximum Gasteiger partial charge on any atom is 0.408 e. The number of alkyl carbamates (subject to hydrolysis) is 1. The summed E-state index contributed by atoms with van der Waals surface area (Å²) in [5.41, 5.74) is 1.79. The summed E-state index contributed by atoms with van der Waals surface area (Å²) < 4.78 is 5.13. The first-order chi connectivity index (χ1) is 13.3. The van der Waals surface area contributed by atoms with E-state index < -0.39 is 36.1 Å². The molecule has 0 saturated carbocycles. The number of nitrogens with one attached hydrogen (secondary N) is 2. The first kappa shape index (κ1) is 24.0. The van der Waals surface area contributed by atoms with Crippen LogP contribution in [0.4, 0.5) is 4.79 Å². The molecule has 1 rings (SSSR count). The zero-order valence-electron chi connectivity index (χ0n) is 18.3. The lowest BCUT2D eigenvalue weighted by atomic mass is 9.99. The normalized spacial score (nSPS) is 12.0. The van der Waals surface area contributed by atoms with Gasteiger partial charge in [0, 0.05) is 12.1 Å². The molecule has 0 fully saturated rings. The van der Waals surface area contributed by atoms with Crippen LogP contribution in [0.1, 0.15) is 57.4 Å². The minimum Gasteiger partial charge on any atom is -0.444 e. The second-order valence-electron chi connectivity index (χ2n) is 8.24. The lowest BCUT2D eigenvalue weighted by molar-refractivity contribution is -0.136. The van der Waals surface area contributed by atoms with Gasteiger partial charge in [-0.2, -0.15) is 0 Å². The Balaban J connectivity index is 3.13. The Bertz CT molecular complexity index is 783. The summed E-state index contributed by atoms with van der Waals surface area (Å²) in [6.07, 6.45) is 4.86. The molecule has 0 aliphatic heterocycles. The fourth-order valence-electron chi connectivity index (χ4n) is 2.79. The van der Waals surface area contributed by atoms with Crippen LogP contribution in [0.3, 0.4) is 0 Å². The van der Waals surface area contributed by atoms with Crippen molar-refractivity contribution >= 4 is 17.9 Å². The third-order valence-corrected chi connectivity index (χ3v) is 3.69. The van der Waals surface area contributed by atoms with E-state index in [1.807, 2.05) is 45.9 Å². The molecule has 2 N–H and O–H groups in total. The van der Waals surface area contributed by atoms with Crippen molar-refractivity contribution in [3.8, 4) is 12.5 Å². The number of hydrogen-bond donors (Lipinski definition) is 2. The molecule has 1 aromatic rings. The standard InChI is InChI=1S/C22H31N3O4/c1-9-25(18(26)13-23-21(28)29-22(6,7)8)19(20(27)24-14(2)3)17-11-15(4)10-16(5)12-17/h1,10-12,14,19H,13H2,2-8H3,(H,23,28)(H,24,27). The SMILES string of the molecule is C#CN(C(=O)CNC(=O)OC(C)(C)C)C(C(=O)NC(C)C)c1cc(C)cc(C)c1. The summed E-state index contributed by atoms with van der Waals surface area (Å²) in [7, 11) is 0. The van der Waals surface area contributed by atoms with Crippen LogP contribution < -0.4 is 10.6 Å². The number of hydrogen-bond acceptors (Lipinski definition) is 4. The number of terminal acetylenes is 1. The third-order valence-electron chi connectivity index (χ3n) is 3.69. The van der Waals surface area contributed by atoms with E-state index in [2.05, 4.69) is 16.7 Å². The third kappa shape index (κ3) is 7.86. The number of rotatable bonds is 6. The van der Waals surface area contributed by atoms with Gasteiger partial charge >= 0.3 is 6.09 Å². The molecule has 0 radical (unpaired) electrons. The van der Waals surface area contributed by atoms with E-state index in [1.165, 1.54) is 0 Å². The van der Waals surface area contributed by atoms with E-state index in [0.717, 1.165) is 16.0 Å². The topological polar surface area (TPSA) is 87.7 Å². The maximum atomic E-state index is 12.9. The predicted octanol–water partition coefficient (Wildman–Crippen LogP) is 2.81. The number of nitrogens with zero attached hydrogens (tertiary/aromatic N) is 1. The number of amides is 3. The highest BCUT2D eigenvalue weighted by atomic mass is 16.6. The molecular weight excluding hydrogens is 370 g/mol. The molecule has 3 amide bonds. The van der Waals surface area contributed by atoms with E-state index >= 15 is 0 Å². The average molecular weight is 402 g/mol. The minimum absolute atomic E-state index is 0.134. The van der Waals surface area contributed by atoms with Gasteiger partial charge in [-0.25, -0.2) is 4.79 Å². The first-order valence-electron chi connectivity index (χ1n) is 9.47. The fraction of sp³-hybridized carbons (Fsp3) is 0.500. The van der Waals surface area contributed by atoms with Crippen molar-refractivity contribution in [3.63, 3.8) is 0 Å². The molecule has 7 nitrogen and oxygen atoms in total. The maximum absolute atomic E-state index is 12.9. The van der Waals surface area contributed by atoms with Gasteiger partial charge in [-0.3, -0.25) is 14.5 Å². The molecule has 29 heavy (non-hydrogen) atoms. The van der Waals surface area contributed by atoms with Gasteiger partial charge in [0.15, 0.2) is 0 Å². The Hall–Kier alpha value is -3.01. The molecule has 7 heteroatoms. The van der Waals surface area contributed by atoms with Gasteiger partial charge in [-0.05, 0) is 54.0 Å². The van der Waals surface area contributed by atoms with Crippen LogP contribution in [0.15, 0.2) is 18.2 Å². The second-order valence-corrected chi connectivity index (χ2v) is 8.24. The Labute approximate surface area is 173 Å². The van der Waals surface area contributed by atoms with Gasteiger partial charge in [-0.15, -0.1) is 0 Å². The first-order valence-corrected chi connectivity index (χ1v) is 9.47. The molecule has 0 aromatic heterocycles. The van der Waals surface area contributed by atoms with Crippen LogP contribution in [0.5, 0.6) is 0 Å². The van der Waals surface area contributed by atoms with Crippen molar-refractivity contribution in [2.24, 2.45) is 0 Å². The Kier molecular flexibility index (Phi) is 8.26. The van der Waals surface area contributed by atoms with Crippen LogP contribution in [0.25, 0.3) is 0 Å². The quantitative estimate of drug-likeness (QED) is 0.567. The number of carbonyl (C=O) groups is 3. The number of carbonyl (C=O) groups excluding carboxylic acids is 3. The van der Waals surface area contributed by atoms with Gasteiger partial charge in [0.05, 0.1) is 0 Å². The highest BCUT2D eigenvalue weighted by Crippen LogP contribution is 2.23. The zero-order valence-corrected chi connectivity index (χ0v) is 18.3. The number of benzene rings is 1. The highest BCUT2D eigenvalue weighted by molar-refractivity contribution is 5.91. The van der Waals surface area contributed by atoms with Crippen LogP contribution in [0, 0.1) is 26.3 Å². The van der Waals surface area contributed by atoms with Crippen molar-refractivity contribution in [2.75, 3.05) is 6.54 Å².